The molecule has 0 spiro atoms. The van der Waals surface area contributed by atoms with E-state index in [1.807, 2.05) is 4.90 Å². The quantitative estimate of drug-likeness (QED) is 0.766. The maximum Gasteiger partial charge on any atom is 0.416 e. The number of nitrogens with zero attached hydrogens (tertiary/aromatic N) is 1. The molecular weight excluding hydrogens is 336 g/mol. The van der Waals surface area contributed by atoms with Crippen molar-refractivity contribution in [2.24, 2.45) is 0 Å². The lowest BCUT2D eigenvalue weighted by molar-refractivity contribution is -0.152. The van der Waals surface area contributed by atoms with Gasteiger partial charge in [0.1, 0.15) is 0 Å². The standard InChI is InChI=1S/C16H17F6NO/c1-23-9-5-6-10(23)8-14(24,7-9)13-11(15(17,18)19)3-2-4-12(13)16(20,21)22/h2-4,9-10,24H,5-8H2,1H3. The third kappa shape index (κ3) is 2.79. The van der Waals surface area contributed by atoms with E-state index in [-0.39, 0.29) is 24.9 Å². The topological polar surface area (TPSA) is 23.5 Å². The molecule has 2 nitrogen and oxygen atoms in total. The number of rotatable bonds is 1. The van der Waals surface area contributed by atoms with Crippen LogP contribution in [0.5, 0.6) is 0 Å². The van der Waals surface area contributed by atoms with Gasteiger partial charge in [0.05, 0.1) is 16.7 Å². The summed E-state index contributed by atoms with van der Waals surface area (Å²) in [6, 6.07) is 1.54. The van der Waals surface area contributed by atoms with Gasteiger partial charge in [-0.2, -0.15) is 26.3 Å². The van der Waals surface area contributed by atoms with E-state index >= 15 is 0 Å². The molecule has 0 amide bonds. The first-order valence-corrected chi connectivity index (χ1v) is 7.66. The molecule has 0 aromatic heterocycles. The summed E-state index contributed by atoms with van der Waals surface area (Å²) in [6.07, 6.45) is -8.85. The Bertz CT molecular complexity index is 592. The van der Waals surface area contributed by atoms with Crippen LogP contribution in [0.2, 0.25) is 0 Å². The first-order chi connectivity index (χ1) is 10.9. The number of halogens is 6. The predicted octanol–water partition coefficient (Wildman–Crippen LogP) is 4.17. The Hall–Kier alpha value is -1.28. The SMILES string of the molecule is CN1C2CCC1CC(O)(c1c(C(F)(F)F)cccc1C(F)(F)F)C2. The molecule has 2 saturated heterocycles. The minimum atomic E-state index is -4.96. The minimum Gasteiger partial charge on any atom is -0.385 e. The molecule has 3 rings (SSSR count). The normalized spacial score (nSPS) is 31.5. The number of fused-ring (bicyclic) bond motifs is 2. The van der Waals surface area contributed by atoms with Gasteiger partial charge < -0.3 is 10.0 Å². The van der Waals surface area contributed by atoms with Crippen molar-refractivity contribution >= 4 is 0 Å². The third-order valence-corrected chi connectivity index (χ3v) is 5.27. The van der Waals surface area contributed by atoms with Crippen LogP contribution in [0, 0.1) is 0 Å². The maximum atomic E-state index is 13.3. The monoisotopic (exact) mass is 353 g/mol. The molecule has 2 bridgehead atoms. The van der Waals surface area contributed by atoms with Crippen molar-refractivity contribution in [1.29, 1.82) is 0 Å². The van der Waals surface area contributed by atoms with Crippen molar-refractivity contribution in [2.45, 2.75) is 55.7 Å². The Morgan fingerprint density at radius 3 is 1.75 bits per heavy atom. The smallest absolute Gasteiger partial charge is 0.385 e. The number of aliphatic hydroxyl groups is 1. The molecule has 2 heterocycles. The predicted molar refractivity (Wildman–Crippen MR) is 74.1 cm³/mol. The summed E-state index contributed by atoms with van der Waals surface area (Å²) in [5.41, 5.74) is -5.95. The van der Waals surface area contributed by atoms with Crippen molar-refractivity contribution in [3.05, 3.63) is 34.9 Å². The van der Waals surface area contributed by atoms with Gasteiger partial charge >= 0.3 is 12.4 Å². The van der Waals surface area contributed by atoms with Gasteiger partial charge in [0.15, 0.2) is 0 Å². The Kier molecular flexibility index (Phi) is 3.92. The summed E-state index contributed by atoms with van der Waals surface area (Å²) in [5.74, 6) is 0. The van der Waals surface area contributed by atoms with Gasteiger partial charge in [0.25, 0.3) is 0 Å². The zero-order valence-electron chi connectivity index (χ0n) is 12.9. The molecule has 8 heteroatoms. The van der Waals surface area contributed by atoms with Crippen molar-refractivity contribution in [2.75, 3.05) is 7.05 Å². The summed E-state index contributed by atoms with van der Waals surface area (Å²) < 4.78 is 80.0. The lowest BCUT2D eigenvalue weighted by Gasteiger charge is -2.44. The molecule has 0 saturated carbocycles. The van der Waals surface area contributed by atoms with E-state index < -0.39 is 34.6 Å². The maximum absolute atomic E-state index is 13.3. The molecule has 1 N–H and O–H groups in total. The second-order valence-corrected chi connectivity index (χ2v) is 6.71. The molecule has 0 radical (unpaired) electrons. The van der Waals surface area contributed by atoms with Crippen molar-refractivity contribution < 1.29 is 31.4 Å². The fourth-order valence-corrected chi connectivity index (χ4v) is 4.18. The van der Waals surface area contributed by atoms with Crippen LogP contribution in [0.1, 0.15) is 42.4 Å². The molecule has 1 aromatic rings. The van der Waals surface area contributed by atoms with Crippen molar-refractivity contribution in [1.82, 2.24) is 4.90 Å². The highest BCUT2D eigenvalue weighted by atomic mass is 19.4. The first kappa shape index (κ1) is 17.5. The van der Waals surface area contributed by atoms with Crippen molar-refractivity contribution in [3.8, 4) is 0 Å². The van der Waals surface area contributed by atoms with E-state index in [4.69, 9.17) is 0 Å². The zero-order chi connectivity index (χ0) is 17.9. The molecule has 2 unspecified atom stereocenters. The second kappa shape index (κ2) is 5.36. The molecule has 2 fully saturated rings. The minimum absolute atomic E-state index is 0.129. The summed E-state index contributed by atoms with van der Waals surface area (Å²) >= 11 is 0. The molecular formula is C16H17F6NO. The van der Waals surface area contributed by atoms with Gasteiger partial charge in [-0.05, 0) is 44.9 Å². The first-order valence-electron chi connectivity index (χ1n) is 7.66. The highest BCUT2D eigenvalue weighted by molar-refractivity contribution is 5.44. The Labute approximate surface area is 135 Å². The van der Waals surface area contributed by atoms with Gasteiger partial charge in [-0.3, -0.25) is 0 Å². The van der Waals surface area contributed by atoms with E-state index in [2.05, 4.69) is 0 Å². The summed E-state index contributed by atoms with van der Waals surface area (Å²) in [7, 11) is 1.79. The van der Waals surface area contributed by atoms with E-state index in [0.717, 1.165) is 6.07 Å². The number of benzene rings is 1. The summed E-state index contributed by atoms with van der Waals surface area (Å²) in [5, 5.41) is 10.9. The average Bonchev–Trinajstić information content (AvgIpc) is 2.68. The molecule has 2 atom stereocenters. The van der Waals surface area contributed by atoms with E-state index in [1.54, 1.807) is 7.05 Å². The van der Waals surface area contributed by atoms with Crippen LogP contribution in [0.25, 0.3) is 0 Å². The lowest BCUT2D eigenvalue weighted by Crippen LogP contribution is -2.49. The highest BCUT2D eigenvalue weighted by Crippen LogP contribution is 2.51. The van der Waals surface area contributed by atoms with E-state index in [1.165, 1.54) is 0 Å². The molecule has 1 aromatic carbocycles. The van der Waals surface area contributed by atoms with Gasteiger partial charge in [-0.25, -0.2) is 0 Å². The molecule has 24 heavy (non-hydrogen) atoms. The fraction of sp³-hybridized carbons (Fsp3) is 0.625. The number of hydrogen-bond acceptors (Lipinski definition) is 2. The number of hydrogen-bond donors (Lipinski definition) is 1. The van der Waals surface area contributed by atoms with Crippen LogP contribution in [-0.2, 0) is 18.0 Å². The van der Waals surface area contributed by atoms with Crippen LogP contribution < -0.4 is 0 Å². The molecule has 0 aliphatic carbocycles. The van der Waals surface area contributed by atoms with Crippen LogP contribution in [0.4, 0.5) is 26.3 Å². The molecule has 134 valence electrons. The van der Waals surface area contributed by atoms with Crippen LogP contribution in [0.15, 0.2) is 18.2 Å². The van der Waals surface area contributed by atoms with Crippen LogP contribution in [0.3, 0.4) is 0 Å². The van der Waals surface area contributed by atoms with E-state index in [9.17, 15) is 31.4 Å². The van der Waals surface area contributed by atoms with Gasteiger partial charge in [0, 0.05) is 17.6 Å². The second-order valence-electron chi connectivity index (χ2n) is 6.71. The number of alkyl halides is 6. The summed E-state index contributed by atoms with van der Waals surface area (Å²) in [4.78, 5) is 1.94. The highest BCUT2D eigenvalue weighted by Gasteiger charge is 2.53. The van der Waals surface area contributed by atoms with E-state index in [0.29, 0.717) is 25.0 Å². The fourth-order valence-electron chi connectivity index (χ4n) is 4.18. The van der Waals surface area contributed by atoms with Crippen LogP contribution in [-0.4, -0.2) is 29.1 Å². The third-order valence-electron chi connectivity index (χ3n) is 5.27. The molecule has 2 aliphatic heterocycles. The molecule has 2 aliphatic rings. The lowest BCUT2D eigenvalue weighted by atomic mass is 9.76. The summed E-state index contributed by atoms with van der Waals surface area (Å²) in [6.45, 7) is 0. The number of piperidine rings is 1. The van der Waals surface area contributed by atoms with Gasteiger partial charge in [-0.1, -0.05) is 6.07 Å². The van der Waals surface area contributed by atoms with Crippen molar-refractivity contribution in [3.63, 3.8) is 0 Å². The Morgan fingerprint density at radius 1 is 0.958 bits per heavy atom. The average molecular weight is 353 g/mol. The van der Waals surface area contributed by atoms with Gasteiger partial charge in [0.2, 0.25) is 0 Å². The van der Waals surface area contributed by atoms with Gasteiger partial charge in [-0.15, -0.1) is 0 Å². The zero-order valence-corrected chi connectivity index (χ0v) is 12.9. The Balaban J connectivity index is 2.19. The Morgan fingerprint density at radius 2 is 1.38 bits per heavy atom. The largest absolute Gasteiger partial charge is 0.416 e. The van der Waals surface area contributed by atoms with Crippen LogP contribution >= 0.6 is 0 Å².